The molecular weight excluding hydrogens is 398 g/mol. The highest BCUT2D eigenvalue weighted by Gasteiger charge is 2.35. The Morgan fingerprint density at radius 3 is 2.30 bits per heavy atom. The lowest BCUT2D eigenvalue weighted by Gasteiger charge is -2.35. The molecule has 158 valence electrons. The van der Waals surface area contributed by atoms with Gasteiger partial charge in [0.25, 0.3) is 0 Å². The predicted octanol–water partition coefficient (Wildman–Crippen LogP) is 2.89. The van der Waals surface area contributed by atoms with Gasteiger partial charge >= 0.3 is 0 Å². The SMILES string of the molecule is O=C(C1CCC1)N1CCc2cc(S(=O)(=O)N3CCN(c4ccccc4)CC3)ccc21. The molecule has 0 unspecified atom stereocenters. The maximum Gasteiger partial charge on any atom is 0.243 e. The molecule has 0 bridgehead atoms. The van der Waals surface area contributed by atoms with Gasteiger partial charge in [-0.2, -0.15) is 4.31 Å². The van der Waals surface area contributed by atoms with E-state index < -0.39 is 10.0 Å². The molecule has 0 aromatic heterocycles. The molecule has 2 fully saturated rings. The van der Waals surface area contributed by atoms with Crippen LogP contribution >= 0.6 is 0 Å². The van der Waals surface area contributed by atoms with Crippen molar-refractivity contribution < 1.29 is 13.2 Å². The van der Waals surface area contributed by atoms with Crippen LogP contribution in [0.1, 0.15) is 24.8 Å². The number of nitrogens with zero attached hydrogens (tertiary/aromatic N) is 3. The van der Waals surface area contributed by atoms with Gasteiger partial charge in [0, 0.05) is 50.0 Å². The summed E-state index contributed by atoms with van der Waals surface area (Å²) in [6, 6.07) is 15.4. The number of piperazine rings is 1. The zero-order valence-corrected chi connectivity index (χ0v) is 17.9. The highest BCUT2D eigenvalue weighted by atomic mass is 32.2. The third kappa shape index (κ3) is 3.40. The molecule has 1 saturated heterocycles. The van der Waals surface area contributed by atoms with Gasteiger partial charge in [0.05, 0.1) is 4.90 Å². The molecule has 1 aliphatic carbocycles. The van der Waals surface area contributed by atoms with E-state index in [2.05, 4.69) is 17.0 Å². The summed E-state index contributed by atoms with van der Waals surface area (Å²) in [7, 11) is -3.53. The van der Waals surface area contributed by atoms with Crippen molar-refractivity contribution >= 4 is 27.3 Å². The molecule has 7 heteroatoms. The maximum absolute atomic E-state index is 13.2. The summed E-state index contributed by atoms with van der Waals surface area (Å²) in [6.07, 6.45) is 3.81. The molecule has 2 aromatic carbocycles. The average Bonchev–Trinajstić information content (AvgIpc) is 3.16. The number of rotatable bonds is 4. The number of hydrogen-bond acceptors (Lipinski definition) is 4. The summed E-state index contributed by atoms with van der Waals surface area (Å²) in [6.45, 7) is 2.96. The lowest BCUT2D eigenvalue weighted by Crippen LogP contribution is -2.48. The lowest BCUT2D eigenvalue weighted by atomic mass is 9.84. The Morgan fingerprint density at radius 1 is 0.900 bits per heavy atom. The van der Waals surface area contributed by atoms with E-state index in [1.165, 1.54) is 0 Å². The van der Waals surface area contributed by atoms with Crippen LogP contribution in [0.5, 0.6) is 0 Å². The Hall–Kier alpha value is -2.38. The van der Waals surface area contributed by atoms with Crippen LogP contribution in [0.2, 0.25) is 0 Å². The van der Waals surface area contributed by atoms with E-state index >= 15 is 0 Å². The fraction of sp³-hybridized carbons (Fsp3) is 0.435. The summed E-state index contributed by atoms with van der Waals surface area (Å²) in [5.41, 5.74) is 2.98. The minimum atomic E-state index is -3.53. The third-order valence-electron chi connectivity index (χ3n) is 6.66. The summed E-state index contributed by atoms with van der Waals surface area (Å²) >= 11 is 0. The first-order chi connectivity index (χ1) is 14.5. The molecule has 1 amide bonds. The second kappa shape index (κ2) is 7.71. The lowest BCUT2D eigenvalue weighted by molar-refractivity contribution is -0.124. The van der Waals surface area contributed by atoms with E-state index in [1.54, 1.807) is 16.4 Å². The first-order valence-corrected chi connectivity index (χ1v) is 12.2. The van der Waals surface area contributed by atoms with Crippen molar-refractivity contribution in [3.05, 3.63) is 54.1 Å². The topological polar surface area (TPSA) is 60.9 Å². The zero-order valence-electron chi connectivity index (χ0n) is 17.0. The van der Waals surface area contributed by atoms with Gasteiger partial charge < -0.3 is 9.80 Å². The van der Waals surface area contributed by atoms with Crippen LogP contribution in [0.4, 0.5) is 11.4 Å². The first-order valence-electron chi connectivity index (χ1n) is 10.8. The summed E-state index contributed by atoms with van der Waals surface area (Å²) in [4.78, 5) is 17.1. The minimum absolute atomic E-state index is 0.153. The first kappa shape index (κ1) is 19.6. The van der Waals surface area contributed by atoms with Crippen molar-refractivity contribution in [2.75, 3.05) is 42.5 Å². The van der Waals surface area contributed by atoms with Crippen LogP contribution in [0.25, 0.3) is 0 Å². The smallest absolute Gasteiger partial charge is 0.243 e. The van der Waals surface area contributed by atoms with E-state index in [-0.39, 0.29) is 11.8 Å². The molecule has 6 nitrogen and oxygen atoms in total. The van der Waals surface area contributed by atoms with Gasteiger partial charge in [-0.15, -0.1) is 0 Å². The van der Waals surface area contributed by atoms with Crippen molar-refractivity contribution in [1.82, 2.24) is 4.31 Å². The van der Waals surface area contributed by atoms with Gasteiger partial charge in [-0.3, -0.25) is 4.79 Å². The molecule has 0 spiro atoms. The van der Waals surface area contributed by atoms with E-state index in [4.69, 9.17) is 0 Å². The van der Waals surface area contributed by atoms with E-state index in [0.717, 1.165) is 42.6 Å². The Bertz CT molecular complexity index is 1040. The molecule has 1 saturated carbocycles. The molecular formula is C23H27N3O3S. The van der Waals surface area contributed by atoms with Crippen molar-refractivity contribution in [3.63, 3.8) is 0 Å². The molecule has 0 atom stereocenters. The number of carbonyl (C=O) groups is 1. The molecule has 30 heavy (non-hydrogen) atoms. The van der Waals surface area contributed by atoms with E-state index in [0.29, 0.717) is 37.6 Å². The molecule has 0 N–H and O–H groups in total. The second-order valence-corrected chi connectivity index (χ2v) is 10.3. The van der Waals surface area contributed by atoms with Crippen LogP contribution in [-0.4, -0.2) is 51.4 Å². The van der Waals surface area contributed by atoms with Gasteiger partial charge in [0.1, 0.15) is 0 Å². The fourth-order valence-corrected chi connectivity index (χ4v) is 6.09. The molecule has 2 aliphatic heterocycles. The van der Waals surface area contributed by atoms with Gasteiger partial charge in [0.15, 0.2) is 0 Å². The highest BCUT2D eigenvalue weighted by molar-refractivity contribution is 7.89. The Labute approximate surface area is 178 Å². The summed E-state index contributed by atoms with van der Waals surface area (Å²) < 4.78 is 28.1. The number of fused-ring (bicyclic) bond motifs is 1. The minimum Gasteiger partial charge on any atom is -0.369 e. The van der Waals surface area contributed by atoms with E-state index in [9.17, 15) is 13.2 Å². The predicted molar refractivity (Wildman–Crippen MR) is 117 cm³/mol. The second-order valence-electron chi connectivity index (χ2n) is 8.38. The van der Waals surface area contributed by atoms with Gasteiger partial charge in [-0.1, -0.05) is 24.6 Å². The van der Waals surface area contributed by atoms with Gasteiger partial charge in [-0.25, -0.2) is 8.42 Å². The van der Waals surface area contributed by atoms with Crippen molar-refractivity contribution in [3.8, 4) is 0 Å². The number of hydrogen-bond donors (Lipinski definition) is 0. The van der Waals surface area contributed by atoms with E-state index in [1.807, 2.05) is 29.2 Å². The Balaban J connectivity index is 1.30. The Morgan fingerprint density at radius 2 is 1.63 bits per heavy atom. The average molecular weight is 426 g/mol. The highest BCUT2D eigenvalue weighted by Crippen LogP contribution is 2.36. The van der Waals surface area contributed by atoms with Crippen LogP contribution in [0.3, 0.4) is 0 Å². The van der Waals surface area contributed by atoms with Gasteiger partial charge in [0.2, 0.25) is 15.9 Å². The van der Waals surface area contributed by atoms with Crippen molar-refractivity contribution in [1.29, 1.82) is 0 Å². The van der Waals surface area contributed by atoms with Crippen molar-refractivity contribution in [2.24, 2.45) is 5.92 Å². The molecule has 0 radical (unpaired) electrons. The number of amides is 1. The third-order valence-corrected chi connectivity index (χ3v) is 8.56. The number of carbonyl (C=O) groups excluding carboxylic acids is 1. The molecule has 3 aliphatic rings. The zero-order chi connectivity index (χ0) is 20.7. The standard InChI is InChI=1S/C23H27N3O3S/c27-23(18-5-4-6-18)26-12-11-19-17-21(9-10-22(19)26)30(28,29)25-15-13-24(14-16-25)20-7-2-1-3-8-20/h1-3,7-10,17-18H,4-6,11-16H2. The summed E-state index contributed by atoms with van der Waals surface area (Å²) in [5, 5.41) is 0. The monoisotopic (exact) mass is 425 g/mol. The number of benzene rings is 2. The van der Waals surface area contributed by atoms with Crippen molar-refractivity contribution in [2.45, 2.75) is 30.6 Å². The van der Waals surface area contributed by atoms with Crippen LogP contribution in [0.15, 0.2) is 53.4 Å². The largest absolute Gasteiger partial charge is 0.369 e. The fourth-order valence-electron chi connectivity index (χ4n) is 4.62. The molecule has 2 heterocycles. The van der Waals surface area contributed by atoms with Crippen LogP contribution in [0, 0.1) is 5.92 Å². The molecule has 2 aromatic rings. The summed E-state index contributed by atoms with van der Waals surface area (Å²) in [5.74, 6) is 0.355. The number of sulfonamides is 1. The maximum atomic E-state index is 13.2. The van der Waals surface area contributed by atoms with Gasteiger partial charge in [-0.05, 0) is 55.2 Å². The quantitative estimate of drug-likeness (QED) is 0.756. The number of para-hydroxylation sites is 1. The number of anilines is 2. The molecule has 5 rings (SSSR count). The van der Waals surface area contributed by atoms with Crippen LogP contribution < -0.4 is 9.80 Å². The Kier molecular flexibility index (Phi) is 5.03. The van der Waals surface area contributed by atoms with Crippen LogP contribution in [-0.2, 0) is 21.2 Å². The normalized spacial score (nSPS) is 20.1.